The summed E-state index contributed by atoms with van der Waals surface area (Å²) in [6.07, 6.45) is 1.98. The molecule has 1 amide bonds. The van der Waals surface area contributed by atoms with E-state index in [2.05, 4.69) is 17.1 Å². The van der Waals surface area contributed by atoms with E-state index in [-0.39, 0.29) is 18.5 Å². The van der Waals surface area contributed by atoms with E-state index < -0.39 is 0 Å². The molecule has 1 fully saturated rings. The highest BCUT2D eigenvalue weighted by Gasteiger charge is 2.30. The zero-order valence-corrected chi connectivity index (χ0v) is 18.2. The molecule has 7 heteroatoms. The number of nitrogens with zero attached hydrogens (tertiary/aromatic N) is 4. The van der Waals surface area contributed by atoms with Crippen LogP contribution in [0.4, 0.5) is 0 Å². The van der Waals surface area contributed by atoms with Crippen LogP contribution in [0, 0.1) is 0 Å². The molecule has 2 aromatic heterocycles. The van der Waals surface area contributed by atoms with Crippen LogP contribution in [0.1, 0.15) is 31.4 Å². The third kappa shape index (κ3) is 3.81. The Hall–Kier alpha value is -3.19. The van der Waals surface area contributed by atoms with Crippen LogP contribution < -0.4 is 4.74 Å². The van der Waals surface area contributed by atoms with Gasteiger partial charge in [0.1, 0.15) is 18.0 Å². The number of rotatable bonds is 6. The number of hydrogen-bond acceptors (Lipinski definition) is 5. The summed E-state index contributed by atoms with van der Waals surface area (Å²) in [6.45, 7) is 3.65. The van der Waals surface area contributed by atoms with Crippen LogP contribution in [-0.2, 0) is 11.3 Å². The molecule has 0 bridgehead atoms. The summed E-state index contributed by atoms with van der Waals surface area (Å²) in [7, 11) is 0. The molecular weight excluding hydrogens is 408 g/mol. The molecule has 1 unspecified atom stereocenters. The highest BCUT2D eigenvalue weighted by atomic mass is 32.1. The van der Waals surface area contributed by atoms with E-state index in [0.29, 0.717) is 6.61 Å². The minimum Gasteiger partial charge on any atom is -0.494 e. The van der Waals surface area contributed by atoms with Gasteiger partial charge in [0.15, 0.2) is 5.82 Å². The number of benzene rings is 2. The summed E-state index contributed by atoms with van der Waals surface area (Å²) < 4.78 is 7.56. The standard InChI is InChI=1S/C24H24N4O2S/c1-2-30-18-11-9-17(10-12-18)21-8-5-13-27(21)23(29)14-28-22-7-4-3-6-19(22)26-24(28)20-15-31-16-25-20/h3-4,6-7,9-12,15-16,21H,2,5,8,13-14H2,1H3. The van der Waals surface area contributed by atoms with Crippen LogP contribution in [0.3, 0.4) is 0 Å². The van der Waals surface area contributed by atoms with E-state index in [1.807, 2.05) is 58.2 Å². The zero-order chi connectivity index (χ0) is 21.2. The van der Waals surface area contributed by atoms with E-state index in [1.165, 1.54) is 11.3 Å². The molecule has 3 heterocycles. The molecule has 158 valence electrons. The second kappa shape index (κ2) is 8.51. The van der Waals surface area contributed by atoms with Crippen molar-refractivity contribution in [2.45, 2.75) is 32.4 Å². The lowest BCUT2D eigenvalue weighted by Crippen LogP contribution is -2.33. The van der Waals surface area contributed by atoms with Crippen LogP contribution in [0.2, 0.25) is 0 Å². The lowest BCUT2D eigenvalue weighted by atomic mass is 10.0. The van der Waals surface area contributed by atoms with Crippen molar-refractivity contribution < 1.29 is 9.53 Å². The van der Waals surface area contributed by atoms with Crippen LogP contribution >= 0.6 is 11.3 Å². The monoisotopic (exact) mass is 432 g/mol. The molecule has 0 spiro atoms. The molecule has 6 nitrogen and oxygen atoms in total. The van der Waals surface area contributed by atoms with Gasteiger partial charge in [-0.2, -0.15) is 0 Å². The van der Waals surface area contributed by atoms with Crippen LogP contribution in [0.25, 0.3) is 22.6 Å². The third-order valence-corrected chi connectivity index (χ3v) is 6.34. The molecule has 5 rings (SSSR count). The Morgan fingerprint density at radius 2 is 2.03 bits per heavy atom. The Balaban J connectivity index is 1.43. The Bertz CT molecular complexity index is 1180. The molecule has 4 aromatic rings. The summed E-state index contributed by atoms with van der Waals surface area (Å²) in [4.78, 5) is 24.7. The van der Waals surface area contributed by atoms with Crippen LogP contribution in [0.15, 0.2) is 59.4 Å². The van der Waals surface area contributed by atoms with Crippen molar-refractivity contribution in [2.75, 3.05) is 13.2 Å². The molecule has 1 aliphatic rings. The van der Waals surface area contributed by atoms with Gasteiger partial charge in [0.2, 0.25) is 5.91 Å². The summed E-state index contributed by atoms with van der Waals surface area (Å²) in [5.41, 5.74) is 5.59. The lowest BCUT2D eigenvalue weighted by molar-refractivity contribution is -0.132. The molecular formula is C24H24N4O2S. The summed E-state index contributed by atoms with van der Waals surface area (Å²) >= 11 is 1.53. The molecule has 1 aliphatic heterocycles. The maximum Gasteiger partial charge on any atom is 0.243 e. The molecule has 31 heavy (non-hydrogen) atoms. The number of ether oxygens (including phenoxy) is 1. The van der Waals surface area contributed by atoms with Gasteiger partial charge in [-0.1, -0.05) is 24.3 Å². The lowest BCUT2D eigenvalue weighted by Gasteiger charge is -2.26. The second-order valence-electron chi connectivity index (χ2n) is 7.63. The van der Waals surface area contributed by atoms with Crippen molar-refractivity contribution in [1.29, 1.82) is 0 Å². The number of likely N-dealkylation sites (tertiary alicyclic amines) is 1. The average molecular weight is 433 g/mol. The molecule has 0 radical (unpaired) electrons. The molecule has 0 aliphatic carbocycles. The predicted molar refractivity (Wildman–Crippen MR) is 122 cm³/mol. The fourth-order valence-corrected chi connectivity index (χ4v) is 4.88. The fourth-order valence-electron chi connectivity index (χ4n) is 4.34. The van der Waals surface area contributed by atoms with Gasteiger partial charge in [0.25, 0.3) is 0 Å². The van der Waals surface area contributed by atoms with E-state index in [1.54, 1.807) is 5.51 Å². The van der Waals surface area contributed by atoms with Gasteiger partial charge in [0, 0.05) is 11.9 Å². The number of thiazole rings is 1. The van der Waals surface area contributed by atoms with Gasteiger partial charge in [0.05, 0.1) is 29.2 Å². The van der Waals surface area contributed by atoms with Crippen molar-refractivity contribution >= 4 is 28.3 Å². The van der Waals surface area contributed by atoms with Gasteiger partial charge >= 0.3 is 0 Å². The number of imidazole rings is 1. The van der Waals surface area contributed by atoms with Crippen LogP contribution in [-0.4, -0.2) is 38.5 Å². The van der Waals surface area contributed by atoms with Gasteiger partial charge in [-0.25, -0.2) is 9.97 Å². The Morgan fingerprint density at radius 1 is 1.19 bits per heavy atom. The molecule has 1 atom stereocenters. The zero-order valence-electron chi connectivity index (χ0n) is 17.4. The van der Waals surface area contributed by atoms with Crippen molar-refractivity contribution in [3.8, 4) is 17.3 Å². The Morgan fingerprint density at radius 3 is 2.81 bits per heavy atom. The molecule has 0 saturated carbocycles. The number of aromatic nitrogens is 3. The maximum absolute atomic E-state index is 13.5. The summed E-state index contributed by atoms with van der Waals surface area (Å²) in [5.74, 6) is 1.71. The number of carbonyl (C=O) groups is 1. The average Bonchev–Trinajstić information content (AvgIpc) is 3.55. The smallest absolute Gasteiger partial charge is 0.243 e. The minimum absolute atomic E-state index is 0.0979. The highest BCUT2D eigenvalue weighted by Crippen LogP contribution is 2.34. The summed E-state index contributed by atoms with van der Waals surface area (Å²) in [5, 5.41) is 1.97. The predicted octanol–water partition coefficient (Wildman–Crippen LogP) is 4.92. The van der Waals surface area contributed by atoms with E-state index >= 15 is 0 Å². The number of para-hydroxylation sites is 2. The number of carbonyl (C=O) groups excluding carboxylic acids is 1. The first-order valence-electron chi connectivity index (χ1n) is 10.6. The largest absolute Gasteiger partial charge is 0.494 e. The second-order valence-corrected chi connectivity index (χ2v) is 8.35. The van der Waals surface area contributed by atoms with Gasteiger partial charge in [-0.3, -0.25) is 4.79 Å². The third-order valence-electron chi connectivity index (χ3n) is 5.76. The first-order chi connectivity index (χ1) is 15.2. The summed E-state index contributed by atoms with van der Waals surface area (Å²) in [6, 6.07) is 16.2. The first kappa shape index (κ1) is 19.8. The topological polar surface area (TPSA) is 60.2 Å². The van der Waals surface area contributed by atoms with Gasteiger partial charge in [-0.05, 0) is 49.6 Å². The molecule has 0 N–H and O–H groups in total. The van der Waals surface area contributed by atoms with E-state index in [0.717, 1.165) is 53.3 Å². The van der Waals surface area contributed by atoms with Crippen LogP contribution in [0.5, 0.6) is 5.75 Å². The molecule has 1 saturated heterocycles. The Kier molecular flexibility index (Phi) is 5.42. The highest BCUT2D eigenvalue weighted by molar-refractivity contribution is 7.07. The number of amides is 1. The van der Waals surface area contributed by atoms with E-state index in [9.17, 15) is 4.79 Å². The Labute approximate surface area is 185 Å². The van der Waals surface area contributed by atoms with Crippen molar-refractivity contribution in [3.05, 3.63) is 65.0 Å². The SMILES string of the molecule is CCOc1ccc(C2CCCN2C(=O)Cn2c(-c3cscn3)nc3ccccc32)cc1. The van der Waals surface area contributed by atoms with Crippen molar-refractivity contribution in [3.63, 3.8) is 0 Å². The van der Waals surface area contributed by atoms with Gasteiger partial charge in [-0.15, -0.1) is 11.3 Å². The number of hydrogen-bond donors (Lipinski definition) is 0. The normalized spacial score (nSPS) is 16.2. The van der Waals surface area contributed by atoms with E-state index in [4.69, 9.17) is 9.72 Å². The van der Waals surface area contributed by atoms with Crippen molar-refractivity contribution in [1.82, 2.24) is 19.4 Å². The maximum atomic E-state index is 13.5. The van der Waals surface area contributed by atoms with Crippen molar-refractivity contribution in [2.24, 2.45) is 0 Å². The van der Waals surface area contributed by atoms with Gasteiger partial charge < -0.3 is 14.2 Å². The first-order valence-corrected chi connectivity index (χ1v) is 11.5. The fraction of sp³-hybridized carbons (Fsp3) is 0.292. The quantitative estimate of drug-likeness (QED) is 0.434. The molecule has 2 aromatic carbocycles. The minimum atomic E-state index is 0.0979. The number of fused-ring (bicyclic) bond motifs is 1.